The summed E-state index contributed by atoms with van der Waals surface area (Å²) in [6.07, 6.45) is 2.59. The Bertz CT molecular complexity index is 759. The average molecular weight is 356 g/mol. The van der Waals surface area contributed by atoms with Gasteiger partial charge in [0.1, 0.15) is 17.1 Å². The van der Waals surface area contributed by atoms with Crippen LogP contribution >= 0.6 is 0 Å². The third-order valence-electron chi connectivity index (χ3n) is 4.23. The summed E-state index contributed by atoms with van der Waals surface area (Å²) < 4.78 is 5.38. The zero-order chi connectivity index (χ0) is 18.4. The van der Waals surface area contributed by atoms with E-state index < -0.39 is 0 Å². The van der Waals surface area contributed by atoms with E-state index in [1.807, 2.05) is 24.3 Å². The SMILES string of the molecule is CNC(=O)c1cnc(N2CCCNCC2)nc1Nc1ccccc1OC. The molecule has 1 aliphatic heterocycles. The predicted octanol–water partition coefficient (Wildman–Crippen LogP) is 1.39. The van der Waals surface area contributed by atoms with E-state index in [1.54, 1.807) is 20.4 Å². The molecule has 8 nitrogen and oxygen atoms in total. The maximum Gasteiger partial charge on any atom is 0.256 e. The number of carbonyl (C=O) groups excluding carboxylic acids is 1. The minimum atomic E-state index is -0.244. The Hall–Kier alpha value is -2.87. The fourth-order valence-electron chi connectivity index (χ4n) is 2.84. The van der Waals surface area contributed by atoms with Crippen LogP contribution in [0.25, 0.3) is 0 Å². The van der Waals surface area contributed by atoms with Gasteiger partial charge in [0.15, 0.2) is 0 Å². The van der Waals surface area contributed by atoms with E-state index >= 15 is 0 Å². The maximum absolute atomic E-state index is 12.2. The van der Waals surface area contributed by atoms with Gasteiger partial charge in [-0.2, -0.15) is 4.98 Å². The van der Waals surface area contributed by atoms with Gasteiger partial charge >= 0.3 is 0 Å². The number of amides is 1. The van der Waals surface area contributed by atoms with Crippen LogP contribution in [0.3, 0.4) is 0 Å². The molecule has 1 amide bonds. The highest BCUT2D eigenvalue weighted by Crippen LogP contribution is 2.28. The van der Waals surface area contributed by atoms with Gasteiger partial charge in [0.05, 0.1) is 12.8 Å². The van der Waals surface area contributed by atoms with E-state index in [4.69, 9.17) is 4.74 Å². The van der Waals surface area contributed by atoms with Gasteiger partial charge in [-0.25, -0.2) is 4.98 Å². The zero-order valence-corrected chi connectivity index (χ0v) is 15.1. The van der Waals surface area contributed by atoms with Crippen LogP contribution in [0.1, 0.15) is 16.8 Å². The first-order chi connectivity index (χ1) is 12.7. The summed E-state index contributed by atoms with van der Waals surface area (Å²) in [5.41, 5.74) is 1.12. The summed E-state index contributed by atoms with van der Waals surface area (Å²) in [4.78, 5) is 23.4. The molecule has 2 heterocycles. The Balaban J connectivity index is 1.96. The molecule has 0 radical (unpaired) electrons. The Labute approximate surface area is 153 Å². The van der Waals surface area contributed by atoms with Crippen molar-refractivity contribution in [1.82, 2.24) is 20.6 Å². The standard InChI is InChI=1S/C18H24N6O2/c1-19-17(25)13-12-21-18(24-10-5-8-20-9-11-24)23-16(13)22-14-6-3-4-7-15(14)26-2/h3-4,6-7,12,20H,5,8-11H2,1-2H3,(H,19,25)(H,21,22,23). The quantitative estimate of drug-likeness (QED) is 0.746. The Morgan fingerprint density at radius 3 is 2.92 bits per heavy atom. The normalized spacial score (nSPS) is 14.5. The molecule has 26 heavy (non-hydrogen) atoms. The lowest BCUT2D eigenvalue weighted by atomic mass is 10.2. The molecule has 1 aromatic heterocycles. The fraction of sp³-hybridized carbons (Fsp3) is 0.389. The van der Waals surface area contributed by atoms with Crippen LogP contribution in [-0.4, -0.2) is 56.2 Å². The summed E-state index contributed by atoms with van der Waals surface area (Å²) in [5.74, 6) is 1.50. The van der Waals surface area contributed by atoms with E-state index in [9.17, 15) is 4.79 Å². The molecular weight excluding hydrogens is 332 g/mol. The number of para-hydroxylation sites is 2. The summed E-state index contributed by atoms with van der Waals surface area (Å²) in [6, 6.07) is 7.51. The number of nitrogens with one attached hydrogen (secondary N) is 3. The molecule has 1 aliphatic rings. The van der Waals surface area contributed by atoms with Crippen LogP contribution < -0.4 is 25.6 Å². The number of anilines is 3. The molecule has 3 N–H and O–H groups in total. The van der Waals surface area contributed by atoms with Crippen molar-refractivity contribution < 1.29 is 9.53 Å². The first-order valence-electron chi connectivity index (χ1n) is 8.67. The monoisotopic (exact) mass is 356 g/mol. The molecule has 0 atom stereocenters. The summed E-state index contributed by atoms with van der Waals surface area (Å²) in [5, 5.41) is 9.22. The number of hydrogen-bond acceptors (Lipinski definition) is 7. The smallest absolute Gasteiger partial charge is 0.256 e. The van der Waals surface area contributed by atoms with Crippen LogP contribution in [0.4, 0.5) is 17.5 Å². The molecule has 8 heteroatoms. The van der Waals surface area contributed by atoms with Crippen molar-refractivity contribution in [3.63, 3.8) is 0 Å². The molecule has 0 spiro atoms. The number of methoxy groups -OCH3 is 1. The van der Waals surface area contributed by atoms with Crippen molar-refractivity contribution in [2.24, 2.45) is 0 Å². The summed E-state index contributed by atoms with van der Waals surface area (Å²) >= 11 is 0. The minimum absolute atomic E-state index is 0.244. The highest BCUT2D eigenvalue weighted by Gasteiger charge is 2.18. The van der Waals surface area contributed by atoms with Gasteiger partial charge in [-0.15, -0.1) is 0 Å². The fourth-order valence-corrected chi connectivity index (χ4v) is 2.84. The number of rotatable bonds is 5. The van der Waals surface area contributed by atoms with Crippen molar-refractivity contribution in [2.45, 2.75) is 6.42 Å². The van der Waals surface area contributed by atoms with Gasteiger partial charge in [-0.1, -0.05) is 12.1 Å². The second kappa shape index (κ2) is 8.48. The molecule has 2 aromatic rings. The largest absolute Gasteiger partial charge is 0.495 e. The van der Waals surface area contributed by atoms with Gasteiger partial charge in [0.2, 0.25) is 5.95 Å². The van der Waals surface area contributed by atoms with Crippen molar-refractivity contribution in [2.75, 3.05) is 50.6 Å². The van der Waals surface area contributed by atoms with Crippen molar-refractivity contribution in [3.05, 3.63) is 36.0 Å². The minimum Gasteiger partial charge on any atom is -0.495 e. The van der Waals surface area contributed by atoms with E-state index in [0.717, 1.165) is 38.3 Å². The molecule has 0 aliphatic carbocycles. The van der Waals surface area contributed by atoms with E-state index in [2.05, 4.69) is 30.8 Å². The molecule has 0 bridgehead atoms. The van der Waals surface area contributed by atoms with Crippen LogP contribution in [-0.2, 0) is 0 Å². The summed E-state index contributed by atoms with van der Waals surface area (Å²) in [7, 11) is 3.19. The number of nitrogens with zero attached hydrogens (tertiary/aromatic N) is 3. The number of ether oxygens (including phenoxy) is 1. The third kappa shape index (κ3) is 4.02. The molecule has 1 fully saturated rings. The van der Waals surface area contributed by atoms with Gasteiger partial charge in [-0.05, 0) is 25.1 Å². The van der Waals surface area contributed by atoms with Gasteiger partial charge in [0, 0.05) is 32.9 Å². The molecule has 138 valence electrons. The molecule has 1 saturated heterocycles. The van der Waals surface area contributed by atoms with Crippen LogP contribution in [0.2, 0.25) is 0 Å². The van der Waals surface area contributed by atoms with Crippen LogP contribution in [0.5, 0.6) is 5.75 Å². The molecule has 3 rings (SSSR count). The second-order valence-electron chi connectivity index (χ2n) is 5.93. The summed E-state index contributed by atoms with van der Waals surface area (Å²) in [6.45, 7) is 3.57. The Morgan fingerprint density at radius 2 is 2.12 bits per heavy atom. The Morgan fingerprint density at radius 1 is 1.27 bits per heavy atom. The zero-order valence-electron chi connectivity index (χ0n) is 15.1. The van der Waals surface area contributed by atoms with Crippen molar-refractivity contribution in [1.29, 1.82) is 0 Å². The van der Waals surface area contributed by atoms with Gasteiger partial charge in [0.25, 0.3) is 5.91 Å². The van der Waals surface area contributed by atoms with E-state index in [0.29, 0.717) is 23.1 Å². The maximum atomic E-state index is 12.2. The number of benzene rings is 1. The van der Waals surface area contributed by atoms with Crippen LogP contribution in [0.15, 0.2) is 30.5 Å². The molecular formula is C18H24N6O2. The topological polar surface area (TPSA) is 91.4 Å². The first kappa shape index (κ1) is 17.9. The number of carbonyl (C=O) groups is 1. The molecule has 0 saturated carbocycles. The lowest BCUT2D eigenvalue weighted by Crippen LogP contribution is -2.30. The van der Waals surface area contributed by atoms with E-state index in [-0.39, 0.29) is 5.91 Å². The first-order valence-corrected chi connectivity index (χ1v) is 8.67. The van der Waals surface area contributed by atoms with Gasteiger partial charge in [-0.3, -0.25) is 4.79 Å². The Kier molecular flexibility index (Phi) is 5.85. The lowest BCUT2D eigenvalue weighted by Gasteiger charge is -2.21. The number of aromatic nitrogens is 2. The van der Waals surface area contributed by atoms with Crippen molar-refractivity contribution >= 4 is 23.4 Å². The highest BCUT2D eigenvalue weighted by molar-refractivity contribution is 5.99. The molecule has 0 unspecified atom stereocenters. The van der Waals surface area contributed by atoms with E-state index in [1.165, 1.54) is 0 Å². The third-order valence-corrected chi connectivity index (χ3v) is 4.23. The lowest BCUT2D eigenvalue weighted by molar-refractivity contribution is 0.0963. The molecule has 1 aromatic carbocycles. The average Bonchev–Trinajstić information content (AvgIpc) is 2.97. The number of hydrogen-bond donors (Lipinski definition) is 3. The predicted molar refractivity (Wildman–Crippen MR) is 101 cm³/mol. The van der Waals surface area contributed by atoms with Gasteiger partial charge < -0.3 is 25.6 Å². The second-order valence-corrected chi connectivity index (χ2v) is 5.93. The van der Waals surface area contributed by atoms with Crippen LogP contribution in [0, 0.1) is 0 Å². The van der Waals surface area contributed by atoms with Crippen molar-refractivity contribution in [3.8, 4) is 5.75 Å². The highest BCUT2D eigenvalue weighted by atomic mass is 16.5.